The van der Waals surface area contributed by atoms with Gasteiger partial charge >= 0.3 is 6.03 Å². The fourth-order valence-corrected chi connectivity index (χ4v) is 2.72. The van der Waals surface area contributed by atoms with Crippen LogP contribution in [0.5, 0.6) is 0 Å². The van der Waals surface area contributed by atoms with E-state index in [-0.39, 0.29) is 24.0 Å². The summed E-state index contributed by atoms with van der Waals surface area (Å²) in [6.45, 7) is 9.73. The van der Waals surface area contributed by atoms with Crippen LogP contribution in [-0.2, 0) is 11.3 Å². The van der Waals surface area contributed by atoms with Gasteiger partial charge in [0.2, 0.25) is 5.91 Å². The Balaban J connectivity index is 1.99. The Morgan fingerprint density at radius 1 is 1.25 bits per heavy atom. The highest BCUT2D eigenvalue weighted by Gasteiger charge is 2.37. The first-order chi connectivity index (χ1) is 11.4. The minimum absolute atomic E-state index is 0.0630. The number of hydrogen-bond acceptors (Lipinski definition) is 3. The van der Waals surface area contributed by atoms with Gasteiger partial charge < -0.3 is 15.1 Å². The molecule has 3 amide bonds. The molecular formula is C18H28N4O2. The molecule has 1 saturated heterocycles. The van der Waals surface area contributed by atoms with Crippen molar-refractivity contribution in [3.8, 4) is 0 Å². The lowest BCUT2D eigenvalue weighted by atomic mass is 10.0. The topological polar surface area (TPSA) is 65.5 Å². The van der Waals surface area contributed by atoms with Crippen LogP contribution in [0.2, 0.25) is 0 Å². The second-order valence-electron chi connectivity index (χ2n) is 7.14. The van der Waals surface area contributed by atoms with Crippen molar-refractivity contribution in [3.63, 3.8) is 0 Å². The van der Waals surface area contributed by atoms with E-state index in [1.807, 2.05) is 49.6 Å². The summed E-state index contributed by atoms with van der Waals surface area (Å²) in [6.07, 6.45) is 4.02. The third-order valence-corrected chi connectivity index (χ3v) is 4.01. The largest absolute Gasteiger partial charge is 0.338 e. The number of pyridine rings is 1. The molecule has 1 N–H and O–H groups in total. The summed E-state index contributed by atoms with van der Waals surface area (Å²) in [5.74, 6) is 0.531. The van der Waals surface area contributed by atoms with E-state index >= 15 is 0 Å². The molecule has 6 nitrogen and oxygen atoms in total. The first-order valence-corrected chi connectivity index (χ1v) is 8.60. The van der Waals surface area contributed by atoms with Crippen molar-refractivity contribution >= 4 is 11.9 Å². The van der Waals surface area contributed by atoms with E-state index in [0.29, 0.717) is 32.0 Å². The van der Waals surface area contributed by atoms with Crippen LogP contribution in [0.4, 0.5) is 4.79 Å². The van der Waals surface area contributed by atoms with E-state index in [0.717, 1.165) is 5.56 Å². The number of aromatic nitrogens is 1. The van der Waals surface area contributed by atoms with Crippen LogP contribution in [0.3, 0.4) is 0 Å². The molecule has 1 aliphatic rings. The van der Waals surface area contributed by atoms with Crippen LogP contribution in [0, 0.1) is 5.92 Å². The molecule has 2 rings (SSSR count). The van der Waals surface area contributed by atoms with Gasteiger partial charge in [-0.2, -0.15) is 0 Å². The molecule has 0 aliphatic carbocycles. The van der Waals surface area contributed by atoms with Crippen molar-refractivity contribution in [1.82, 2.24) is 20.1 Å². The fraction of sp³-hybridized carbons (Fsp3) is 0.611. The lowest BCUT2D eigenvalue weighted by Crippen LogP contribution is -2.63. The number of nitrogens with zero attached hydrogens (tertiary/aromatic N) is 3. The van der Waals surface area contributed by atoms with Crippen LogP contribution >= 0.6 is 0 Å². The second-order valence-corrected chi connectivity index (χ2v) is 7.14. The average molecular weight is 332 g/mol. The van der Waals surface area contributed by atoms with Crippen molar-refractivity contribution < 1.29 is 9.59 Å². The Kier molecular flexibility index (Phi) is 6.17. The molecule has 0 saturated carbocycles. The molecule has 6 heteroatoms. The van der Waals surface area contributed by atoms with Crippen LogP contribution < -0.4 is 5.32 Å². The number of hydrogen-bond donors (Lipinski definition) is 1. The summed E-state index contributed by atoms with van der Waals surface area (Å²) in [4.78, 5) is 32.3. The van der Waals surface area contributed by atoms with E-state index < -0.39 is 0 Å². The Hall–Kier alpha value is -2.11. The molecule has 0 unspecified atom stereocenters. The predicted molar refractivity (Wildman–Crippen MR) is 93.3 cm³/mol. The van der Waals surface area contributed by atoms with Gasteiger partial charge in [-0.05, 0) is 37.5 Å². The van der Waals surface area contributed by atoms with Gasteiger partial charge in [0.1, 0.15) is 0 Å². The highest BCUT2D eigenvalue weighted by Crippen LogP contribution is 2.20. The molecule has 1 aromatic heterocycles. The van der Waals surface area contributed by atoms with Gasteiger partial charge in [0, 0.05) is 44.5 Å². The van der Waals surface area contributed by atoms with E-state index in [2.05, 4.69) is 10.3 Å². The van der Waals surface area contributed by atoms with Gasteiger partial charge in [-0.3, -0.25) is 9.78 Å². The van der Waals surface area contributed by atoms with E-state index in [9.17, 15) is 9.59 Å². The van der Waals surface area contributed by atoms with E-state index in [1.54, 1.807) is 12.4 Å². The van der Waals surface area contributed by atoms with E-state index in [4.69, 9.17) is 0 Å². The Bertz CT molecular complexity index is 553. The summed E-state index contributed by atoms with van der Waals surface area (Å²) in [5.41, 5.74) is 1.04. The average Bonchev–Trinajstić information content (AvgIpc) is 2.44. The minimum Gasteiger partial charge on any atom is -0.338 e. The number of likely N-dealkylation sites (tertiary alicyclic amines) is 1. The van der Waals surface area contributed by atoms with Crippen LogP contribution in [0.1, 0.15) is 39.7 Å². The van der Waals surface area contributed by atoms with Crippen molar-refractivity contribution in [1.29, 1.82) is 0 Å². The standard InChI is InChI=1S/C18H28N4O2/c1-13(2)9-17(23)21-11-16(12-21)22(18(24)20-14(3)4)10-15-5-7-19-8-6-15/h5-8,13-14,16H,9-12H2,1-4H3,(H,20,24). The van der Waals surface area contributed by atoms with E-state index in [1.165, 1.54) is 0 Å². The maximum Gasteiger partial charge on any atom is 0.318 e. The zero-order chi connectivity index (χ0) is 17.7. The highest BCUT2D eigenvalue weighted by molar-refractivity contribution is 5.79. The first-order valence-electron chi connectivity index (χ1n) is 8.60. The van der Waals surface area contributed by atoms with Gasteiger partial charge in [-0.1, -0.05) is 13.8 Å². The molecule has 2 heterocycles. The van der Waals surface area contributed by atoms with Crippen molar-refractivity contribution in [2.75, 3.05) is 13.1 Å². The number of nitrogens with one attached hydrogen (secondary N) is 1. The summed E-state index contributed by atoms with van der Waals surface area (Å²) in [5, 5.41) is 2.96. The normalized spacial score (nSPS) is 14.7. The maximum absolute atomic E-state index is 12.5. The van der Waals surface area contributed by atoms with Crippen molar-refractivity contribution in [3.05, 3.63) is 30.1 Å². The number of amides is 3. The van der Waals surface area contributed by atoms with Gasteiger partial charge in [-0.25, -0.2) is 4.79 Å². The predicted octanol–water partition coefficient (Wildman–Crippen LogP) is 2.26. The Labute approximate surface area is 144 Å². The third-order valence-electron chi connectivity index (χ3n) is 4.01. The smallest absolute Gasteiger partial charge is 0.318 e. The monoisotopic (exact) mass is 332 g/mol. The molecule has 1 aromatic rings. The second kappa shape index (κ2) is 8.13. The van der Waals surface area contributed by atoms with Crippen molar-refractivity contribution in [2.45, 2.75) is 52.7 Å². The Morgan fingerprint density at radius 3 is 2.42 bits per heavy atom. The zero-order valence-corrected chi connectivity index (χ0v) is 15.0. The fourth-order valence-electron chi connectivity index (χ4n) is 2.72. The van der Waals surface area contributed by atoms with Gasteiger partial charge in [0.15, 0.2) is 0 Å². The van der Waals surface area contributed by atoms with Crippen LogP contribution in [0.15, 0.2) is 24.5 Å². The third kappa shape index (κ3) is 4.94. The van der Waals surface area contributed by atoms with Crippen molar-refractivity contribution in [2.24, 2.45) is 5.92 Å². The zero-order valence-electron chi connectivity index (χ0n) is 15.0. The molecule has 0 atom stereocenters. The summed E-state index contributed by atoms with van der Waals surface area (Å²) in [7, 11) is 0. The van der Waals surface area contributed by atoms with Crippen LogP contribution in [0.25, 0.3) is 0 Å². The molecule has 0 spiro atoms. The van der Waals surface area contributed by atoms with Gasteiger partial charge in [0.05, 0.1) is 6.04 Å². The first kappa shape index (κ1) is 18.2. The summed E-state index contributed by atoms with van der Waals surface area (Å²) >= 11 is 0. The molecule has 132 valence electrons. The number of rotatable bonds is 6. The molecule has 0 radical (unpaired) electrons. The van der Waals surface area contributed by atoms with Gasteiger partial charge in [-0.15, -0.1) is 0 Å². The quantitative estimate of drug-likeness (QED) is 0.869. The molecule has 0 aromatic carbocycles. The Morgan fingerprint density at radius 2 is 1.88 bits per heavy atom. The number of carbonyl (C=O) groups is 2. The number of urea groups is 1. The highest BCUT2D eigenvalue weighted by atomic mass is 16.2. The molecule has 0 bridgehead atoms. The lowest BCUT2D eigenvalue weighted by Gasteiger charge is -2.45. The maximum atomic E-state index is 12.5. The molecule has 1 fully saturated rings. The lowest BCUT2D eigenvalue weighted by molar-refractivity contribution is -0.138. The number of carbonyl (C=O) groups excluding carboxylic acids is 2. The van der Waals surface area contributed by atoms with Gasteiger partial charge in [0.25, 0.3) is 0 Å². The molecule has 1 aliphatic heterocycles. The van der Waals surface area contributed by atoms with Crippen LogP contribution in [-0.4, -0.2) is 51.9 Å². The SMILES string of the molecule is CC(C)CC(=O)N1CC(N(Cc2ccncc2)C(=O)NC(C)C)C1. The molecular weight excluding hydrogens is 304 g/mol. The summed E-state index contributed by atoms with van der Waals surface area (Å²) in [6, 6.07) is 3.89. The molecule has 24 heavy (non-hydrogen) atoms. The minimum atomic E-state index is -0.0808. The summed E-state index contributed by atoms with van der Waals surface area (Å²) < 4.78 is 0.